The van der Waals surface area contributed by atoms with Gasteiger partial charge in [0.1, 0.15) is 17.6 Å². The van der Waals surface area contributed by atoms with Gasteiger partial charge in [0.25, 0.3) is 5.56 Å². The number of benzene rings is 2. The van der Waals surface area contributed by atoms with E-state index in [1.807, 2.05) is 41.2 Å². The number of ether oxygens (including phenoxy) is 4. The number of hydrogen-bond donors (Lipinski definition) is 1. The quantitative estimate of drug-likeness (QED) is 0.236. The van der Waals surface area contributed by atoms with E-state index in [0.717, 1.165) is 34.9 Å². The van der Waals surface area contributed by atoms with Crippen LogP contribution in [0.2, 0.25) is 18.6 Å². The van der Waals surface area contributed by atoms with E-state index in [1.165, 1.54) is 12.3 Å². The SMILES string of the molecule is COc1ccc([Si](C)(C)C(CCn2cc(CCO)nn2)[C@H]2Oc3ccc(-n4cccc(OC)c4=O)cc3[C@@H](OC)[C@@H]2C)cc1. The lowest BCUT2D eigenvalue weighted by Gasteiger charge is -2.46. The van der Waals surface area contributed by atoms with Gasteiger partial charge in [0.05, 0.1) is 34.1 Å². The van der Waals surface area contributed by atoms with Gasteiger partial charge in [0, 0.05) is 56.2 Å². The first-order chi connectivity index (χ1) is 21.2. The topological polar surface area (TPSA) is 110 Å². The first-order valence-electron chi connectivity index (χ1n) is 15.0. The van der Waals surface area contributed by atoms with Crippen molar-refractivity contribution in [2.75, 3.05) is 27.9 Å². The lowest BCUT2D eigenvalue weighted by Crippen LogP contribution is -2.54. The van der Waals surface area contributed by atoms with E-state index in [-0.39, 0.29) is 41.6 Å². The van der Waals surface area contributed by atoms with Crippen molar-refractivity contribution in [1.82, 2.24) is 19.6 Å². The summed E-state index contributed by atoms with van der Waals surface area (Å²) in [5.74, 6) is 1.88. The minimum Gasteiger partial charge on any atom is -0.497 e. The summed E-state index contributed by atoms with van der Waals surface area (Å²) in [7, 11) is 2.73. The third kappa shape index (κ3) is 6.17. The number of pyridine rings is 1. The van der Waals surface area contributed by atoms with Crippen molar-refractivity contribution in [3.63, 3.8) is 0 Å². The zero-order valence-corrected chi connectivity index (χ0v) is 27.3. The van der Waals surface area contributed by atoms with E-state index < -0.39 is 8.07 Å². The number of methoxy groups -OCH3 is 3. The molecular weight excluding hydrogens is 576 g/mol. The lowest BCUT2D eigenvalue weighted by atomic mass is 9.86. The molecule has 10 nitrogen and oxygen atoms in total. The Kier molecular flexibility index (Phi) is 9.57. The molecule has 0 saturated heterocycles. The molecule has 0 amide bonds. The van der Waals surface area contributed by atoms with Gasteiger partial charge in [-0.15, -0.1) is 5.10 Å². The maximum absolute atomic E-state index is 13.0. The maximum Gasteiger partial charge on any atom is 0.297 e. The Morgan fingerprint density at radius 1 is 1.07 bits per heavy atom. The van der Waals surface area contributed by atoms with Gasteiger partial charge in [-0.1, -0.05) is 42.6 Å². The number of hydrogen-bond acceptors (Lipinski definition) is 8. The molecule has 2 aromatic heterocycles. The molecule has 11 heteroatoms. The van der Waals surface area contributed by atoms with Gasteiger partial charge in [0.15, 0.2) is 5.75 Å². The van der Waals surface area contributed by atoms with Crippen LogP contribution < -0.4 is 25.0 Å². The summed E-state index contributed by atoms with van der Waals surface area (Å²) in [6.07, 6.45) is 4.58. The van der Waals surface area contributed by atoms with Crippen LogP contribution in [0.1, 0.15) is 30.7 Å². The van der Waals surface area contributed by atoms with Gasteiger partial charge in [-0.3, -0.25) is 14.0 Å². The number of fused-ring (bicyclic) bond motifs is 1. The predicted molar refractivity (Wildman–Crippen MR) is 171 cm³/mol. The Morgan fingerprint density at radius 2 is 1.84 bits per heavy atom. The van der Waals surface area contributed by atoms with Crippen LogP contribution in [0.3, 0.4) is 0 Å². The molecule has 44 heavy (non-hydrogen) atoms. The average molecular weight is 619 g/mol. The highest BCUT2D eigenvalue weighted by Gasteiger charge is 2.47. The predicted octanol–water partition coefficient (Wildman–Crippen LogP) is 4.14. The Morgan fingerprint density at radius 3 is 2.52 bits per heavy atom. The van der Waals surface area contributed by atoms with E-state index >= 15 is 0 Å². The molecular formula is C33H42N4O6Si. The van der Waals surface area contributed by atoms with Gasteiger partial charge < -0.3 is 24.1 Å². The highest BCUT2D eigenvalue weighted by Crippen LogP contribution is 2.47. The minimum atomic E-state index is -2.18. The Labute approximate surface area is 259 Å². The maximum atomic E-state index is 13.0. The molecule has 0 saturated carbocycles. The van der Waals surface area contributed by atoms with Crippen LogP contribution in [-0.2, 0) is 17.7 Å². The summed E-state index contributed by atoms with van der Waals surface area (Å²) < 4.78 is 27.2. The number of aromatic nitrogens is 4. The summed E-state index contributed by atoms with van der Waals surface area (Å²) in [6, 6.07) is 17.7. The highest BCUT2D eigenvalue weighted by atomic mass is 28.3. The zero-order valence-electron chi connectivity index (χ0n) is 26.3. The minimum absolute atomic E-state index is 0.0144. The van der Waals surface area contributed by atoms with Crippen LogP contribution in [0.25, 0.3) is 5.69 Å². The van der Waals surface area contributed by atoms with Crippen molar-refractivity contribution in [3.8, 4) is 22.9 Å². The fourth-order valence-corrected chi connectivity index (χ4v) is 9.96. The summed E-state index contributed by atoms with van der Waals surface area (Å²) in [4.78, 5) is 13.0. The van der Waals surface area contributed by atoms with Crippen molar-refractivity contribution in [2.24, 2.45) is 5.92 Å². The second kappa shape index (κ2) is 13.4. The molecule has 234 valence electrons. The second-order valence-electron chi connectivity index (χ2n) is 11.9. The van der Waals surface area contributed by atoms with Crippen LogP contribution in [-0.4, -0.2) is 66.8 Å². The van der Waals surface area contributed by atoms with Crippen LogP contribution in [0, 0.1) is 5.92 Å². The number of nitrogens with zero attached hydrogens (tertiary/aromatic N) is 4. The van der Waals surface area contributed by atoms with Gasteiger partial charge in [-0.05, 0) is 54.4 Å². The number of aliphatic hydroxyl groups is 1. The van der Waals surface area contributed by atoms with Crippen LogP contribution >= 0.6 is 0 Å². The fourth-order valence-electron chi connectivity index (χ4n) is 6.47. The molecule has 4 aromatic rings. The van der Waals surface area contributed by atoms with Crippen LogP contribution in [0.5, 0.6) is 17.2 Å². The second-order valence-corrected chi connectivity index (χ2v) is 16.6. The van der Waals surface area contributed by atoms with Crippen molar-refractivity contribution >= 4 is 13.3 Å². The smallest absolute Gasteiger partial charge is 0.297 e. The standard InChI is InChI=1S/C33H42N4O6Si/c1-22-31(42-4)27-20-24(37-17-7-8-29(41-3)33(37)39)9-14-28(27)43-32(22)30(15-18-36-21-23(16-19-38)34-35-36)44(5,6)26-12-10-25(40-2)11-13-26/h7-14,17,20-22,30-32,38H,15-16,18-19H2,1-6H3/t22-,30?,31-,32-/m0/s1. The molecule has 1 N–H and O–H groups in total. The molecule has 3 heterocycles. The molecule has 1 aliphatic rings. The van der Waals surface area contributed by atoms with Crippen LogP contribution in [0.4, 0.5) is 0 Å². The van der Waals surface area contributed by atoms with E-state index in [4.69, 9.17) is 18.9 Å². The monoisotopic (exact) mass is 618 g/mol. The molecule has 1 aliphatic heterocycles. The largest absolute Gasteiger partial charge is 0.497 e. The van der Waals surface area contributed by atoms with Crippen molar-refractivity contribution in [1.29, 1.82) is 0 Å². The Balaban J connectivity index is 1.52. The summed E-state index contributed by atoms with van der Waals surface area (Å²) in [5.41, 5.74) is 2.36. The van der Waals surface area contributed by atoms with E-state index in [1.54, 1.807) is 37.1 Å². The molecule has 4 atom stereocenters. The molecule has 0 spiro atoms. The molecule has 1 unspecified atom stereocenters. The molecule has 2 aromatic carbocycles. The Bertz CT molecular complexity index is 1620. The van der Waals surface area contributed by atoms with E-state index in [9.17, 15) is 9.90 Å². The van der Waals surface area contributed by atoms with Gasteiger partial charge >= 0.3 is 0 Å². The lowest BCUT2D eigenvalue weighted by molar-refractivity contribution is -0.0234. The Hall–Kier alpha value is -3.93. The molecule has 5 rings (SSSR count). The molecule has 0 aliphatic carbocycles. The first kappa shape index (κ1) is 31.5. The summed E-state index contributed by atoms with van der Waals surface area (Å²) >= 11 is 0. The van der Waals surface area contributed by atoms with E-state index in [2.05, 4.69) is 42.5 Å². The first-order valence-corrected chi connectivity index (χ1v) is 18.0. The van der Waals surface area contributed by atoms with E-state index in [0.29, 0.717) is 13.0 Å². The number of aryl methyl sites for hydroxylation is 1. The summed E-state index contributed by atoms with van der Waals surface area (Å²) in [5, 5.41) is 19.2. The number of rotatable bonds is 12. The van der Waals surface area contributed by atoms with Gasteiger partial charge in [-0.25, -0.2) is 0 Å². The zero-order chi connectivity index (χ0) is 31.4. The van der Waals surface area contributed by atoms with Gasteiger partial charge in [0.2, 0.25) is 0 Å². The fraction of sp³-hybridized carbons (Fsp3) is 0.424. The number of aliphatic hydroxyl groups excluding tert-OH is 1. The van der Waals surface area contributed by atoms with Crippen molar-refractivity contribution in [2.45, 2.75) is 57.2 Å². The molecule has 0 fully saturated rings. The van der Waals surface area contributed by atoms with Gasteiger partial charge in [-0.2, -0.15) is 0 Å². The summed E-state index contributed by atoms with van der Waals surface area (Å²) in [6.45, 7) is 7.68. The van der Waals surface area contributed by atoms with Crippen LogP contribution in [0.15, 0.2) is 71.8 Å². The van der Waals surface area contributed by atoms with Crippen molar-refractivity contribution in [3.05, 3.63) is 88.6 Å². The third-order valence-electron chi connectivity index (χ3n) is 9.00. The van der Waals surface area contributed by atoms with Crippen molar-refractivity contribution < 1.29 is 24.1 Å². The highest BCUT2D eigenvalue weighted by molar-refractivity contribution is 6.91. The molecule has 0 bridgehead atoms. The third-order valence-corrected chi connectivity index (χ3v) is 13.3. The average Bonchev–Trinajstić information content (AvgIpc) is 3.48. The molecule has 0 radical (unpaired) electrons. The normalized spacial score (nSPS) is 18.8.